The lowest BCUT2D eigenvalue weighted by atomic mass is 10.1. The molecular formula is C20H27N3O. The van der Waals surface area contributed by atoms with Crippen LogP contribution in [0.25, 0.3) is 0 Å². The lowest BCUT2D eigenvalue weighted by Crippen LogP contribution is -2.25. The van der Waals surface area contributed by atoms with Gasteiger partial charge in [0.25, 0.3) is 5.91 Å². The average molecular weight is 325 g/mol. The van der Waals surface area contributed by atoms with Crippen LogP contribution in [0, 0.1) is 13.8 Å². The highest BCUT2D eigenvalue weighted by atomic mass is 16.1. The molecule has 1 heterocycles. The second-order valence-corrected chi connectivity index (χ2v) is 6.16. The summed E-state index contributed by atoms with van der Waals surface area (Å²) >= 11 is 0. The highest BCUT2D eigenvalue weighted by molar-refractivity contribution is 6.03. The minimum Gasteiger partial charge on any atom is -0.370 e. The summed E-state index contributed by atoms with van der Waals surface area (Å²) in [6, 6.07) is 9.80. The van der Waals surface area contributed by atoms with Crippen molar-refractivity contribution in [1.29, 1.82) is 0 Å². The summed E-state index contributed by atoms with van der Waals surface area (Å²) in [7, 11) is 0. The van der Waals surface area contributed by atoms with Gasteiger partial charge >= 0.3 is 0 Å². The quantitative estimate of drug-likeness (QED) is 0.810. The average Bonchev–Trinajstić information content (AvgIpc) is 2.58. The van der Waals surface area contributed by atoms with E-state index < -0.39 is 0 Å². The standard InChI is InChI=1S/C20H27N3O/c1-5-11-23(12-6-2)17-9-10-18(21-14-17)20(24)22-19-13-15(3)7-8-16(19)4/h7-10,13-14H,5-6,11-12H2,1-4H3,(H,22,24). The Morgan fingerprint density at radius 1 is 1.08 bits per heavy atom. The minimum atomic E-state index is -0.173. The third-order valence-corrected chi connectivity index (χ3v) is 3.97. The molecule has 2 aromatic rings. The van der Waals surface area contributed by atoms with E-state index in [1.165, 1.54) is 0 Å². The van der Waals surface area contributed by atoms with Crippen LogP contribution in [0.1, 0.15) is 48.3 Å². The summed E-state index contributed by atoms with van der Waals surface area (Å²) < 4.78 is 0. The molecule has 0 aliphatic carbocycles. The number of nitrogens with one attached hydrogen (secondary N) is 1. The molecule has 4 heteroatoms. The minimum absolute atomic E-state index is 0.173. The number of pyridine rings is 1. The number of aryl methyl sites for hydroxylation is 2. The maximum absolute atomic E-state index is 12.4. The van der Waals surface area contributed by atoms with Gasteiger partial charge < -0.3 is 10.2 Å². The second-order valence-electron chi connectivity index (χ2n) is 6.16. The Kier molecular flexibility index (Phi) is 6.36. The van der Waals surface area contributed by atoms with E-state index in [1.807, 2.05) is 38.1 Å². The molecule has 0 fully saturated rings. The number of rotatable bonds is 7. The van der Waals surface area contributed by atoms with E-state index in [-0.39, 0.29) is 5.91 Å². The van der Waals surface area contributed by atoms with Crippen LogP contribution in [0.2, 0.25) is 0 Å². The summed E-state index contributed by atoms with van der Waals surface area (Å²) in [5.41, 5.74) is 4.51. The van der Waals surface area contributed by atoms with Crippen LogP contribution in [0.15, 0.2) is 36.5 Å². The maximum atomic E-state index is 12.4. The summed E-state index contributed by atoms with van der Waals surface area (Å²) in [5.74, 6) is -0.173. The van der Waals surface area contributed by atoms with Crippen LogP contribution >= 0.6 is 0 Å². The van der Waals surface area contributed by atoms with Gasteiger partial charge in [0.2, 0.25) is 0 Å². The Morgan fingerprint density at radius 3 is 2.38 bits per heavy atom. The molecule has 0 saturated heterocycles. The van der Waals surface area contributed by atoms with Gasteiger partial charge in [0.15, 0.2) is 0 Å². The van der Waals surface area contributed by atoms with Crippen molar-refractivity contribution < 1.29 is 4.79 Å². The van der Waals surface area contributed by atoms with E-state index in [0.717, 1.165) is 48.4 Å². The number of carbonyl (C=O) groups excluding carboxylic acids is 1. The van der Waals surface area contributed by atoms with Crippen LogP contribution in [-0.4, -0.2) is 24.0 Å². The fourth-order valence-corrected chi connectivity index (χ4v) is 2.67. The first-order valence-corrected chi connectivity index (χ1v) is 8.64. The van der Waals surface area contributed by atoms with Crippen molar-refractivity contribution in [2.75, 3.05) is 23.3 Å². The second kappa shape index (κ2) is 8.48. The Hall–Kier alpha value is -2.36. The zero-order chi connectivity index (χ0) is 17.5. The lowest BCUT2D eigenvalue weighted by molar-refractivity contribution is 0.102. The van der Waals surface area contributed by atoms with Gasteiger partial charge in [-0.25, -0.2) is 4.98 Å². The van der Waals surface area contributed by atoms with Crippen LogP contribution in [0.4, 0.5) is 11.4 Å². The van der Waals surface area contributed by atoms with E-state index in [1.54, 1.807) is 12.3 Å². The molecule has 1 amide bonds. The van der Waals surface area contributed by atoms with E-state index in [4.69, 9.17) is 0 Å². The van der Waals surface area contributed by atoms with Gasteiger partial charge in [-0.3, -0.25) is 4.79 Å². The van der Waals surface area contributed by atoms with E-state index in [0.29, 0.717) is 5.69 Å². The van der Waals surface area contributed by atoms with Crippen LogP contribution < -0.4 is 10.2 Å². The molecule has 2 rings (SSSR count). The Morgan fingerprint density at radius 2 is 1.79 bits per heavy atom. The van der Waals surface area contributed by atoms with Crippen molar-refractivity contribution in [3.05, 3.63) is 53.3 Å². The van der Waals surface area contributed by atoms with Crippen molar-refractivity contribution >= 4 is 17.3 Å². The molecule has 0 unspecified atom stereocenters. The normalized spacial score (nSPS) is 10.5. The summed E-state index contributed by atoms with van der Waals surface area (Å²) in [6.45, 7) is 10.3. The van der Waals surface area contributed by atoms with Crippen molar-refractivity contribution in [1.82, 2.24) is 4.98 Å². The zero-order valence-electron chi connectivity index (χ0n) is 15.1. The molecular weight excluding hydrogens is 298 g/mol. The first-order valence-electron chi connectivity index (χ1n) is 8.64. The first-order chi connectivity index (χ1) is 11.5. The highest BCUT2D eigenvalue weighted by Gasteiger charge is 2.11. The molecule has 0 spiro atoms. The monoisotopic (exact) mass is 325 g/mol. The maximum Gasteiger partial charge on any atom is 0.274 e. The smallest absolute Gasteiger partial charge is 0.274 e. The molecule has 1 N–H and O–H groups in total. The molecule has 0 aliphatic rings. The number of carbonyl (C=O) groups is 1. The highest BCUT2D eigenvalue weighted by Crippen LogP contribution is 2.18. The van der Waals surface area contributed by atoms with Gasteiger partial charge in [0.1, 0.15) is 5.69 Å². The molecule has 0 saturated carbocycles. The molecule has 128 valence electrons. The third kappa shape index (κ3) is 4.57. The number of anilines is 2. The molecule has 24 heavy (non-hydrogen) atoms. The van der Waals surface area contributed by atoms with E-state index >= 15 is 0 Å². The molecule has 0 radical (unpaired) electrons. The Labute approximate surface area is 144 Å². The molecule has 1 aromatic heterocycles. The van der Waals surface area contributed by atoms with Crippen LogP contribution in [0.3, 0.4) is 0 Å². The lowest BCUT2D eigenvalue weighted by Gasteiger charge is -2.23. The molecule has 0 aliphatic heterocycles. The van der Waals surface area contributed by atoms with Gasteiger partial charge in [-0.15, -0.1) is 0 Å². The van der Waals surface area contributed by atoms with Gasteiger partial charge in [-0.05, 0) is 56.0 Å². The SMILES string of the molecule is CCCN(CCC)c1ccc(C(=O)Nc2cc(C)ccc2C)nc1. The number of nitrogens with zero attached hydrogens (tertiary/aromatic N) is 2. The predicted octanol–water partition coefficient (Wildman–Crippen LogP) is 4.58. The van der Waals surface area contributed by atoms with Crippen molar-refractivity contribution in [2.24, 2.45) is 0 Å². The molecule has 0 bridgehead atoms. The Bertz CT molecular complexity index is 674. The number of hydrogen-bond donors (Lipinski definition) is 1. The van der Waals surface area contributed by atoms with Crippen LogP contribution in [0.5, 0.6) is 0 Å². The largest absolute Gasteiger partial charge is 0.370 e. The molecule has 4 nitrogen and oxygen atoms in total. The fourth-order valence-electron chi connectivity index (χ4n) is 2.67. The van der Waals surface area contributed by atoms with Gasteiger partial charge in [0, 0.05) is 18.8 Å². The third-order valence-electron chi connectivity index (χ3n) is 3.97. The van der Waals surface area contributed by atoms with Gasteiger partial charge in [0.05, 0.1) is 11.9 Å². The fraction of sp³-hybridized carbons (Fsp3) is 0.400. The summed E-state index contributed by atoms with van der Waals surface area (Å²) in [4.78, 5) is 19.1. The summed E-state index contributed by atoms with van der Waals surface area (Å²) in [6.07, 6.45) is 3.98. The molecule has 0 atom stereocenters. The topological polar surface area (TPSA) is 45.2 Å². The van der Waals surface area contributed by atoms with Crippen LogP contribution in [-0.2, 0) is 0 Å². The zero-order valence-corrected chi connectivity index (χ0v) is 15.1. The number of aromatic nitrogens is 1. The van der Waals surface area contributed by atoms with Crippen molar-refractivity contribution in [3.63, 3.8) is 0 Å². The van der Waals surface area contributed by atoms with E-state index in [2.05, 4.69) is 29.0 Å². The first kappa shape index (κ1) is 18.0. The van der Waals surface area contributed by atoms with Gasteiger partial charge in [-0.2, -0.15) is 0 Å². The van der Waals surface area contributed by atoms with E-state index in [9.17, 15) is 4.79 Å². The summed E-state index contributed by atoms with van der Waals surface area (Å²) in [5, 5.41) is 2.95. The Balaban J connectivity index is 2.12. The van der Waals surface area contributed by atoms with Gasteiger partial charge in [-0.1, -0.05) is 26.0 Å². The molecule has 1 aromatic carbocycles. The van der Waals surface area contributed by atoms with Crippen molar-refractivity contribution in [3.8, 4) is 0 Å². The number of amides is 1. The van der Waals surface area contributed by atoms with Crippen molar-refractivity contribution in [2.45, 2.75) is 40.5 Å². The number of benzene rings is 1. The number of hydrogen-bond acceptors (Lipinski definition) is 3. The predicted molar refractivity (Wildman–Crippen MR) is 101 cm³/mol.